The molecule has 0 radical (unpaired) electrons. The summed E-state index contributed by atoms with van der Waals surface area (Å²) < 4.78 is 5.48. The van der Waals surface area contributed by atoms with Crippen molar-refractivity contribution in [2.24, 2.45) is 0 Å². The predicted octanol–water partition coefficient (Wildman–Crippen LogP) is 3.05. The molecule has 4 heteroatoms. The number of nitrogens with zero attached hydrogens (tertiary/aromatic N) is 1. The summed E-state index contributed by atoms with van der Waals surface area (Å²) >= 11 is 0. The van der Waals surface area contributed by atoms with Crippen LogP contribution in [0, 0.1) is 13.8 Å². The maximum absolute atomic E-state index is 5.86. The first kappa shape index (κ1) is 11.5. The maximum Gasteiger partial charge on any atom is 0.216 e. The molecule has 1 unspecified atom stereocenters. The van der Waals surface area contributed by atoms with E-state index in [2.05, 4.69) is 10.3 Å². The number of hydrogen-bond donors (Lipinski definition) is 2. The molecule has 0 aliphatic carbocycles. The Morgan fingerprint density at radius 2 is 2.12 bits per heavy atom. The predicted molar refractivity (Wildman–Crippen MR) is 68.9 cm³/mol. The van der Waals surface area contributed by atoms with Crippen LogP contribution < -0.4 is 11.1 Å². The monoisotopic (exact) mass is 231 g/mol. The Balaban J connectivity index is 2.18. The topological polar surface area (TPSA) is 64.1 Å². The Bertz CT molecular complexity index is 519. The molecule has 1 aromatic heterocycles. The Hall–Kier alpha value is -1.97. The van der Waals surface area contributed by atoms with Crippen LogP contribution in [0.25, 0.3) is 0 Å². The Kier molecular flexibility index (Phi) is 3.04. The minimum Gasteiger partial charge on any atom is -0.444 e. The molecule has 2 aromatic rings. The van der Waals surface area contributed by atoms with E-state index in [0.29, 0.717) is 5.89 Å². The molecule has 90 valence electrons. The normalized spacial score (nSPS) is 12.4. The van der Waals surface area contributed by atoms with Gasteiger partial charge in [0.05, 0.1) is 6.20 Å². The van der Waals surface area contributed by atoms with Gasteiger partial charge in [0.15, 0.2) is 0 Å². The summed E-state index contributed by atoms with van der Waals surface area (Å²) in [6.07, 6.45) is 1.72. The summed E-state index contributed by atoms with van der Waals surface area (Å²) in [6.45, 7) is 5.88. The number of anilines is 2. The number of aromatic nitrogens is 1. The van der Waals surface area contributed by atoms with Gasteiger partial charge < -0.3 is 15.5 Å². The third kappa shape index (κ3) is 2.41. The second-order valence-electron chi connectivity index (χ2n) is 4.19. The highest BCUT2D eigenvalue weighted by Gasteiger charge is 2.12. The van der Waals surface area contributed by atoms with Gasteiger partial charge in [-0.2, -0.15) is 0 Å². The van der Waals surface area contributed by atoms with Crippen LogP contribution in [0.5, 0.6) is 0 Å². The lowest BCUT2D eigenvalue weighted by Crippen LogP contribution is -2.08. The molecule has 1 aromatic carbocycles. The molecule has 0 bridgehead atoms. The van der Waals surface area contributed by atoms with Crippen LogP contribution in [0.1, 0.15) is 30.2 Å². The summed E-state index contributed by atoms with van der Waals surface area (Å²) in [7, 11) is 0. The highest BCUT2D eigenvalue weighted by atomic mass is 16.4. The smallest absolute Gasteiger partial charge is 0.216 e. The van der Waals surface area contributed by atoms with Gasteiger partial charge in [-0.05, 0) is 38.5 Å². The fourth-order valence-corrected chi connectivity index (χ4v) is 1.68. The number of nitrogen functional groups attached to an aromatic ring is 1. The molecule has 2 rings (SSSR count). The molecule has 0 aliphatic heterocycles. The molecule has 4 nitrogen and oxygen atoms in total. The van der Waals surface area contributed by atoms with Crippen LogP contribution in [0.15, 0.2) is 28.8 Å². The number of aryl methyl sites for hydroxylation is 1. The molecule has 0 aliphatic rings. The van der Waals surface area contributed by atoms with Crippen molar-refractivity contribution in [3.63, 3.8) is 0 Å². The van der Waals surface area contributed by atoms with E-state index in [1.807, 2.05) is 39.0 Å². The van der Waals surface area contributed by atoms with Gasteiger partial charge in [-0.1, -0.05) is 6.07 Å². The lowest BCUT2D eigenvalue weighted by Gasteiger charge is -2.15. The second-order valence-corrected chi connectivity index (χ2v) is 4.19. The SMILES string of the molecule is Cc1cnc(C(C)Nc2cccc(N)c2C)o1. The van der Waals surface area contributed by atoms with Crippen molar-refractivity contribution in [2.45, 2.75) is 26.8 Å². The molecule has 3 N–H and O–H groups in total. The highest BCUT2D eigenvalue weighted by Crippen LogP contribution is 2.25. The first-order valence-electron chi connectivity index (χ1n) is 5.62. The molecule has 1 heterocycles. The summed E-state index contributed by atoms with van der Waals surface area (Å²) in [4.78, 5) is 4.20. The molecule has 17 heavy (non-hydrogen) atoms. The Labute approximate surface area is 101 Å². The minimum absolute atomic E-state index is 0.0178. The van der Waals surface area contributed by atoms with Gasteiger partial charge in [-0.3, -0.25) is 0 Å². The first-order chi connectivity index (χ1) is 8.08. The molecule has 0 saturated heterocycles. The molecular formula is C13H17N3O. The number of rotatable bonds is 3. The first-order valence-corrected chi connectivity index (χ1v) is 5.62. The number of nitrogens with one attached hydrogen (secondary N) is 1. The zero-order valence-corrected chi connectivity index (χ0v) is 10.3. The van der Waals surface area contributed by atoms with Crippen LogP contribution in [-0.2, 0) is 0 Å². The van der Waals surface area contributed by atoms with E-state index in [-0.39, 0.29) is 6.04 Å². The Morgan fingerprint density at radius 3 is 2.76 bits per heavy atom. The fourth-order valence-electron chi connectivity index (χ4n) is 1.68. The lowest BCUT2D eigenvalue weighted by molar-refractivity contribution is 0.453. The Morgan fingerprint density at radius 1 is 1.35 bits per heavy atom. The summed E-state index contributed by atoms with van der Waals surface area (Å²) in [6, 6.07) is 5.83. The van der Waals surface area contributed by atoms with Gasteiger partial charge in [0, 0.05) is 11.4 Å². The van der Waals surface area contributed by atoms with Crippen molar-refractivity contribution in [2.75, 3.05) is 11.1 Å². The van der Waals surface area contributed by atoms with Crippen molar-refractivity contribution < 1.29 is 4.42 Å². The van der Waals surface area contributed by atoms with Gasteiger partial charge in [0.2, 0.25) is 5.89 Å². The summed E-state index contributed by atoms with van der Waals surface area (Å²) in [5.74, 6) is 1.50. The molecule has 0 fully saturated rings. The standard InChI is InChI=1S/C13H17N3O/c1-8-7-15-13(17-8)10(3)16-12-6-4-5-11(14)9(12)2/h4-7,10,16H,14H2,1-3H3. The van der Waals surface area contributed by atoms with E-state index in [1.54, 1.807) is 6.20 Å². The van der Waals surface area contributed by atoms with Crippen molar-refractivity contribution in [1.29, 1.82) is 0 Å². The van der Waals surface area contributed by atoms with Crippen LogP contribution in [0.3, 0.4) is 0 Å². The third-order valence-corrected chi connectivity index (χ3v) is 2.76. The summed E-state index contributed by atoms with van der Waals surface area (Å²) in [5, 5.41) is 3.34. The average molecular weight is 231 g/mol. The maximum atomic E-state index is 5.86. The van der Waals surface area contributed by atoms with Crippen LogP contribution in [0.4, 0.5) is 11.4 Å². The fraction of sp³-hybridized carbons (Fsp3) is 0.308. The van der Waals surface area contributed by atoms with Gasteiger partial charge in [-0.25, -0.2) is 4.98 Å². The zero-order valence-electron chi connectivity index (χ0n) is 10.3. The van der Waals surface area contributed by atoms with E-state index < -0.39 is 0 Å². The van der Waals surface area contributed by atoms with E-state index in [1.165, 1.54) is 0 Å². The number of hydrogen-bond acceptors (Lipinski definition) is 4. The molecule has 1 atom stereocenters. The quantitative estimate of drug-likeness (QED) is 0.797. The van der Waals surface area contributed by atoms with Crippen molar-refractivity contribution in [1.82, 2.24) is 4.98 Å². The van der Waals surface area contributed by atoms with Crippen molar-refractivity contribution in [3.05, 3.63) is 41.6 Å². The largest absolute Gasteiger partial charge is 0.444 e. The van der Waals surface area contributed by atoms with Gasteiger partial charge in [-0.15, -0.1) is 0 Å². The average Bonchev–Trinajstić information content (AvgIpc) is 2.72. The van der Waals surface area contributed by atoms with E-state index in [9.17, 15) is 0 Å². The summed E-state index contributed by atoms with van der Waals surface area (Å²) in [5.41, 5.74) is 8.70. The molecule has 0 spiro atoms. The van der Waals surface area contributed by atoms with Gasteiger partial charge in [0.1, 0.15) is 11.8 Å². The van der Waals surface area contributed by atoms with E-state index >= 15 is 0 Å². The van der Waals surface area contributed by atoms with Crippen LogP contribution in [-0.4, -0.2) is 4.98 Å². The molecular weight excluding hydrogens is 214 g/mol. The van der Waals surface area contributed by atoms with E-state index in [4.69, 9.17) is 10.2 Å². The molecule has 0 saturated carbocycles. The number of benzene rings is 1. The number of nitrogens with two attached hydrogens (primary N) is 1. The number of oxazole rings is 1. The minimum atomic E-state index is 0.0178. The van der Waals surface area contributed by atoms with Crippen molar-refractivity contribution >= 4 is 11.4 Å². The lowest BCUT2D eigenvalue weighted by atomic mass is 10.1. The van der Waals surface area contributed by atoms with Gasteiger partial charge >= 0.3 is 0 Å². The van der Waals surface area contributed by atoms with Crippen molar-refractivity contribution in [3.8, 4) is 0 Å². The van der Waals surface area contributed by atoms with E-state index in [0.717, 1.165) is 22.7 Å². The highest BCUT2D eigenvalue weighted by molar-refractivity contribution is 5.63. The van der Waals surface area contributed by atoms with Crippen LogP contribution in [0.2, 0.25) is 0 Å². The molecule has 0 amide bonds. The third-order valence-electron chi connectivity index (χ3n) is 2.76. The zero-order chi connectivity index (χ0) is 12.4. The van der Waals surface area contributed by atoms with Crippen LogP contribution >= 0.6 is 0 Å². The second kappa shape index (κ2) is 4.49. The van der Waals surface area contributed by atoms with Gasteiger partial charge in [0.25, 0.3) is 0 Å².